The smallest absolute Gasteiger partial charge is 0.271 e. The fourth-order valence-electron chi connectivity index (χ4n) is 2.53. The highest BCUT2D eigenvalue weighted by Crippen LogP contribution is 2.27. The number of thioether (sulfide) groups is 1. The molecule has 158 valence electrons. The summed E-state index contributed by atoms with van der Waals surface area (Å²) >= 11 is 2.56. The largest absolute Gasteiger partial charge is 0.494 e. The van der Waals surface area contributed by atoms with E-state index in [-0.39, 0.29) is 15.4 Å². The molecule has 0 aliphatic rings. The van der Waals surface area contributed by atoms with Crippen LogP contribution in [0.3, 0.4) is 0 Å². The molecule has 0 fully saturated rings. The number of carbonyl (C=O) groups is 1. The molecule has 1 amide bonds. The van der Waals surface area contributed by atoms with Gasteiger partial charge in [-0.1, -0.05) is 6.07 Å². The second-order valence-electron chi connectivity index (χ2n) is 6.27. The van der Waals surface area contributed by atoms with Crippen molar-refractivity contribution in [2.75, 3.05) is 16.6 Å². The Hall–Kier alpha value is -2.49. The van der Waals surface area contributed by atoms with Crippen molar-refractivity contribution in [3.8, 4) is 5.75 Å². The van der Waals surface area contributed by atoms with E-state index in [2.05, 4.69) is 10.0 Å². The normalized spacial score (nSPS) is 12.2. The number of ether oxygens (including phenoxy) is 1. The van der Waals surface area contributed by atoms with E-state index in [9.17, 15) is 13.2 Å². The van der Waals surface area contributed by atoms with Crippen molar-refractivity contribution in [1.82, 2.24) is 0 Å². The standard InChI is InChI=1S/C21H22N2O4S3/c1-3-27-18-10-6-16(7-11-18)22-21(24)15(2)29-19-12-8-17(9-13-19)23-30(25,26)20-5-4-14-28-20/h4-15,23H,3H2,1-2H3,(H,22,24). The van der Waals surface area contributed by atoms with Crippen LogP contribution >= 0.6 is 23.1 Å². The molecule has 1 atom stereocenters. The Morgan fingerprint density at radius 2 is 1.73 bits per heavy atom. The molecule has 1 aromatic heterocycles. The Balaban J connectivity index is 1.56. The minimum absolute atomic E-state index is 0.119. The predicted octanol–water partition coefficient (Wildman–Crippen LogP) is 5.07. The molecule has 0 aliphatic heterocycles. The first-order chi connectivity index (χ1) is 14.4. The summed E-state index contributed by atoms with van der Waals surface area (Å²) in [5, 5.41) is 4.27. The van der Waals surface area contributed by atoms with Crippen LogP contribution in [0.15, 0.2) is 75.1 Å². The van der Waals surface area contributed by atoms with E-state index in [1.807, 2.05) is 26.0 Å². The summed E-state index contributed by atoms with van der Waals surface area (Å²) < 4.78 is 32.8. The van der Waals surface area contributed by atoms with Crippen LogP contribution in [-0.2, 0) is 14.8 Å². The van der Waals surface area contributed by atoms with Crippen molar-refractivity contribution >= 4 is 50.4 Å². The number of anilines is 2. The molecule has 0 spiro atoms. The van der Waals surface area contributed by atoms with Gasteiger partial charge in [0, 0.05) is 16.3 Å². The van der Waals surface area contributed by atoms with E-state index in [1.54, 1.807) is 53.9 Å². The Morgan fingerprint density at radius 3 is 2.33 bits per heavy atom. The lowest BCUT2D eigenvalue weighted by Gasteiger charge is -2.13. The van der Waals surface area contributed by atoms with Gasteiger partial charge < -0.3 is 10.1 Å². The van der Waals surface area contributed by atoms with Gasteiger partial charge in [0.15, 0.2) is 0 Å². The topological polar surface area (TPSA) is 84.5 Å². The number of hydrogen-bond donors (Lipinski definition) is 2. The van der Waals surface area contributed by atoms with Crippen molar-refractivity contribution in [1.29, 1.82) is 0 Å². The summed E-state index contributed by atoms with van der Waals surface area (Å²) in [6.07, 6.45) is 0. The molecule has 2 N–H and O–H groups in total. The van der Waals surface area contributed by atoms with Gasteiger partial charge in [0.05, 0.1) is 11.9 Å². The summed E-state index contributed by atoms with van der Waals surface area (Å²) in [5.41, 5.74) is 1.17. The number of thiophene rings is 1. The number of rotatable bonds is 9. The zero-order valence-electron chi connectivity index (χ0n) is 16.5. The number of amides is 1. The second-order valence-corrected chi connectivity index (χ2v) is 10.5. The minimum Gasteiger partial charge on any atom is -0.494 e. The first-order valence-electron chi connectivity index (χ1n) is 9.24. The Bertz CT molecular complexity index is 1060. The maximum Gasteiger partial charge on any atom is 0.271 e. The van der Waals surface area contributed by atoms with Gasteiger partial charge in [-0.15, -0.1) is 23.1 Å². The van der Waals surface area contributed by atoms with Gasteiger partial charge in [-0.3, -0.25) is 9.52 Å². The molecule has 1 heterocycles. The molecule has 1 unspecified atom stereocenters. The fourth-order valence-corrected chi connectivity index (χ4v) is 5.44. The van der Waals surface area contributed by atoms with E-state index >= 15 is 0 Å². The molecule has 0 bridgehead atoms. The van der Waals surface area contributed by atoms with Gasteiger partial charge in [-0.25, -0.2) is 8.42 Å². The molecule has 6 nitrogen and oxygen atoms in total. The minimum atomic E-state index is -3.57. The Kier molecular flexibility index (Phi) is 7.41. The fraction of sp³-hybridized carbons (Fsp3) is 0.190. The lowest BCUT2D eigenvalue weighted by atomic mass is 10.3. The van der Waals surface area contributed by atoms with Crippen molar-refractivity contribution < 1.29 is 17.9 Å². The highest BCUT2D eigenvalue weighted by Gasteiger charge is 2.17. The average molecular weight is 463 g/mol. The molecule has 9 heteroatoms. The van der Waals surface area contributed by atoms with Crippen LogP contribution < -0.4 is 14.8 Å². The number of nitrogens with one attached hydrogen (secondary N) is 2. The van der Waals surface area contributed by atoms with Gasteiger partial charge in [0.1, 0.15) is 9.96 Å². The Labute approximate surface area is 184 Å². The lowest BCUT2D eigenvalue weighted by Crippen LogP contribution is -2.22. The van der Waals surface area contributed by atoms with Gasteiger partial charge in [0.25, 0.3) is 10.0 Å². The number of hydrogen-bond acceptors (Lipinski definition) is 6. The third-order valence-corrected chi connectivity index (χ3v) is 7.87. The number of sulfonamides is 1. The molecule has 3 aromatic rings. The summed E-state index contributed by atoms with van der Waals surface area (Å²) in [5.74, 6) is 0.638. The molecule has 30 heavy (non-hydrogen) atoms. The van der Waals surface area contributed by atoms with Crippen molar-refractivity contribution in [2.45, 2.75) is 28.2 Å². The van der Waals surface area contributed by atoms with E-state index in [0.717, 1.165) is 22.0 Å². The molecule has 3 rings (SSSR count). The van der Waals surface area contributed by atoms with Gasteiger partial charge in [-0.2, -0.15) is 0 Å². The van der Waals surface area contributed by atoms with Crippen molar-refractivity contribution in [2.24, 2.45) is 0 Å². The Morgan fingerprint density at radius 1 is 1.07 bits per heavy atom. The first kappa shape index (κ1) is 22.2. The second kappa shape index (κ2) is 10.0. The van der Waals surface area contributed by atoms with Crippen LogP contribution in [0, 0.1) is 0 Å². The molecule has 0 aliphatic carbocycles. The van der Waals surface area contributed by atoms with E-state index in [0.29, 0.717) is 18.0 Å². The van der Waals surface area contributed by atoms with Crippen LogP contribution in [0.5, 0.6) is 5.75 Å². The monoisotopic (exact) mass is 462 g/mol. The average Bonchev–Trinajstić information content (AvgIpc) is 3.27. The van der Waals surface area contributed by atoms with Gasteiger partial charge in [0.2, 0.25) is 5.91 Å². The molecular weight excluding hydrogens is 440 g/mol. The van der Waals surface area contributed by atoms with Crippen LogP contribution in [0.1, 0.15) is 13.8 Å². The van der Waals surface area contributed by atoms with E-state index in [4.69, 9.17) is 4.74 Å². The van der Waals surface area contributed by atoms with Crippen molar-refractivity contribution in [3.63, 3.8) is 0 Å². The molecule has 0 saturated heterocycles. The number of benzene rings is 2. The third-order valence-electron chi connectivity index (χ3n) is 3.98. The van der Waals surface area contributed by atoms with E-state index < -0.39 is 10.0 Å². The van der Waals surface area contributed by atoms with E-state index in [1.165, 1.54) is 11.8 Å². The summed E-state index contributed by atoms with van der Waals surface area (Å²) in [6.45, 7) is 4.33. The van der Waals surface area contributed by atoms with Crippen LogP contribution in [0.4, 0.5) is 11.4 Å². The van der Waals surface area contributed by atoms with Crippen LogP contribution in [0.25, 0.3) is 0 Å². The highest BCUT2D eigenvalue weighted by atomic mass is 32.2. The lowest BCUT2D eigenvalue weighted by molar-refractivity contribution is -0.115. The molecule has 2 aromatic carbocycles. The third kappa shape index (κ3) is 6.01. The molecule has 0 radical (unpaired) electrons. The SMILES string of the molecule is CCOc1ccc(NC(=O)C(C)Sc2ccc(NS(=O)(=O)c3cccs3)cc2)cc1. The van der Waals surface area contributed by atoms with Gasteiger partial charge in [-0.05, 0) is 73.8 Å². The predicted molar refractivity (Wildman–Crippen MR) is 123 cm³/mol. The zero-order valence-corrected chi connectivity index (χ0v) is 18.9. The molecule has 0 saturated carbocycles. The van der Waals surface area contributed by atoms with Crippen LogP contribution in [0.2, 0.25) is 0 Å². The van der Waals surface area contributed by atoms with Gasteiger partial charge >= 0.3 is 0 Å². The first-order valence-corrected chi connectivity index (χ1v) is 12.5. The summed E-state index contributed by atoms with van der Waals surface area (Å²) in [7, 11) is -3.57. The highest BCUT2D eigenvalue weighted by molar-refractivity contribution is 8.00. The maximum absolute atomic E-state index is 12.5. The maximum atomic E-state index is 12.5. The zero-order chi connectivity index (χ0) is 21.6. The van der Waals surface area contributed by atoms with Crippen molar-refractivity contribution in [3.05, 3.63) is 66.0 Å². The van der Waals surface area contributed by atoms with Crippen LogP contribution in [-0.4, -0.2) is 26.2 Å². The molecular formula is C21H22N2O4S3. The summed E-state index contributed by atoms with van der Waals surface area (Å²) in [6, 6.07) is 17.4. The quantitative estimate of drug-likeness (QED) is 0.434. The number of carbonyl (C=O) groups excluding carboxylic acids is 1. The summed E-state index contributed by atoms with van der Waals surface area (Å²) in [4.78, 5) is 13.3.